The molecule has 2 nitrogen and oxygen atoms in total. The van der Waals surface area contributed by atoms with Crippen molar-refractivity contribution in [3.05, 3.63) is 60.3 Å². The van der Waals surface area contributed by atoms with Crippen molar-refractivity contribution in [1.29, 1.82) is 0 Å². The Morgan fingerprint density at radius 3 is 2.32 bits per heavy atom. The molecule has 2 heteroatoms. The van der Waals surface area contributed by atoms with Crippen molar-refractivity contribution in [2.45, 2.75) is 20.8 Å². The van der Waals surface area contributed by atoms with Crippen LogP contribution in [0.1, 0.15) is 19.4 Å². The van der Waals surface area contributed by atoms with Gasteiger partial charge in [0, 0.05) is 11.6 Å². The van der Waals surface area contributed by atoms with Crippen LogP contribution in [0, 0.1) is 6.92 Å². The number of fused-ring (bicyclic) bond motifs is 1. The third-order valence-corrected chi connectivity index (χ3v) is 2.85. The number of hydrogen-bond donors (Lipinski definition) is 0. The lowest BCUT2D eigenvalue weighted by Crippen LogP contribution is -1.90. The van der Waals surface area contributed by atoms with Crippen LogP contribution in [0.15, 0.2) is 54.7 Å². The smallest absolute Gasteiger partial charge is 0.0896 e. The first-order valence-corrected chi connectivity index (χ1v) is 6.62. The predicted molar refractivity (Wildman–Crippen MR) is 81.1 cm³/mol. The maximum atomic E-state index is 4.64. The fourth-order valence-corrected chi connectivity index (χ4v) is 1.99. The molecule has 0 amide bonds. The molecule has 1 aromatic carbocycles. The summed E-state index contributed by atoms with van der Waals surface area (Å²) in [6.45, 7) is 6.11. The molecule has 0 unspecified atom stereocenters. The highest BCUT2D eigenvalue weighted by molar-refractivity contribution is 5.84. The van der Waals surface area contributed by atoms with Gasteiger partial charge in [0.15, 0.2) is 0 Å². The van der Waals surface area contributed by atoms with Gasteiger partial charge >= 0.3 is 0 Å². The third-order valence-electron chi connectivity index (χ3n) is 2.85. The van der Waals surface area contributed by atoms with Crippen LogP contribution in [0.25, 0.3) is 22.3 Å². The van der Waals surface area contributed by atoms with Gasteiger partial charge in [0.1, 0.15) is 0 Å². The molecule has 0 aliphatic carbocycles. The minimum atomic E-state index is 0.918. The zero-order chi connectivity index (χ0) is 13.7. The van der Waals surface area contributed by atoms with Crippen LogP contribution < -0.4 is 0 Å². The lowest BCUT2D eigenvalue weighted by molar-refractivity contribution is 1.27. The number of nitrogens with zero attached hydrogens (tertiary/aromatic N) is 2. The van der Waals surface area contributed by atoms with Crippen LogP contribution in [0.5, 0.6) is 0 Å². The zero-order valence-corrected chi connectivity index (χ0v) is 11.6. The third kappa shape index (κ3) is 2.79. The number of pyridine rings is 2. The van der Waals surface area contributed by atoms with E-state index < -0.39 is 0 Å². The molecule has 0 saturated carbocycles. The lowest BCUT2D eigenvalue weighted by atomic mass is 10.1. The topological polar surface area (TPSA) is 25.8 Å². The molecular formula is C17H18N2. The van der Waals surface area contributed by atoms with E-state index in [1.54, 1.807) is 6.20 Å². The molecule has 0 spiro atoms. The van der Waals surface area contributed by atoms with Gasteiger partial charge in [0.05, 0.1) is 16.9 Å². The Hall–Kier alpha value is -2.22. The highest BCUT2D eigenvalue weighted by Crippen LogP contribution is 2.22. The minimum Gasteiger partial charge on any atom is -0.255 e. The first-order valence-electron chi connectivity index (χ1n) is 6.62. The molecule has 2 heterocycles. The Morgan fingerprint density at radius 1 is 0.842 bits per heavy atom. The molecule has 0 bridgehead atoms. The Labute approximate surface area is 114 Å². The van der Waals surface area contributed by atoms with E-state index in [0.717, 1.165) is 16.9 Å². The van der Waals surface area contributed by atoms with E-state index in [1.165, 1.54) is 10.9 Å². The molecule has 0 N–H and O–H groups in total. The Kier molecular flexibility index (Phi) is 4.24. The molecule has 0 radical (unpaired) electrons. The SMILES string of the molecule is CC.Cc1cc(-c2ccccn2)nc2ccccc12. The lowest BCUT2D eigenvalue weighted by Gasteiger charge is -2.05. The van der Waals surface area contributed by atoms with Gasteiger partial charge in [-0.05, 0) is 36.8 Å². The van der Waals surface area contributed by atoms with Crippen LogP contribution in [0.2, 0.25) is 0 Å². The van der Waals surface area contributed by atoms with Gasteiger partial charge in [-0.15, -0.1) is 0 Å². The molecule has 96 valence electrons. The van der Waals surface area contributed by atoms with Gasteiger partial charge in [-0.25, -0.2) is 4.98 Å². The van der Waals surface area contributed by atoms with E-state index in [-0.39, 0.29) is 0 Å². The van der Waals surface area contributed by atoms with Crippen molar-refractivity contribution in [1.82, 2.24) is 9.97 Å². The van der Waals surface area contributed by atoms with E-state index in [9.17, 15) is 0 Å². The molecule has 0 aliphatic heterocycles. The highest BCUT2D eigenvalue weighted by Gasteiger charge is 2.04. The van der Waals surface area contributed by atoms with Crippen molar-refractivity contribution in [3.63, 3.8) is 0 Å². The fourth-order valence-electron chi connectivity index (χ4n) is 1.99. The molecule has 0 aliphatic rings. The maximum absolute atomic E-state index is 4.64. The number of rotatable bonds is 1. The maximum Gasteiger partial charge on any atom is 0.0896 e. The zero-order valence-electron chi connectivity index (χ0n) is 11.6. The second kappa shape index (κ2) is 6.10. The monoisotopic (exact) mass is 250 g/mol. The highest BCUT2D eigenvalue weighted by atomic mass is 14.8. The van der Waals surface area contributed by atoms with E-state index >= 15 is 0 Å². The van der Waals surface area contributed by atoms with Crippen LogP contribution >= 0.6 is 0 Å². The predicted octanol–water partition coefficient (Wildman–Crippen LogP) is 4.63. The summed E-state index contributed by atoms with van der Waals surface area (Å²) in [5.74, 6) is 0. The van der Waals surface area contributed by atoms with Gasteiger partial charge < -0.3 is 0 Å². The second-order valence-corrected chi connectivity index (χ2v) is 4.06. The summed E-state index contributed by atoms with van der Waals surface area (Å²) in [4.78, 5) is 8.98. The largest absolute Gasteiger partial charge is 0.255 e. The minimum absolute atomic E-state index is 0.918. The van der Waals surface area contributed by atoms with Crippen LogP contribution in [-0.2, 0) is 0 Å². The van der Waals surface area contributed by atoms with E-state index in [4.69, 9.17) is 0 Å². The molecule has 2 aromatic heterocycles. The van der Waals surface area contributed by atoms with Crippen molar-refractivity contribution in [2.24, 2.45) is 0 Å². The molecule has 0 saturated heterocycles. The number of aryl methyl sites for hydroxylation is 1. The number of aromatic nitrogens is 2. The van der Waals surface area contributed by atoms with Crippen molar-refractivity contribution in [2.75, 3.05) is 0 Å². The van der Waals surface area contributed by atoms with Crippen molar-refractivity contribution in [3.8, 4) is 11.4 Å². The first kappa shape index (κ1) is 13.2. The number of para-hydroxylation sites is 1. The van der Waals surface area contributed by atoms with Crippen LogP contribution in [0.4, 0.5) is 0 Å². The normalized spacial score (nSPS) is 9.84. The average molecular weight is 250 g/mol. The second-order valence-electron chi connectivity index (χ2n) is 4.06. The van der Waals surface area contributed by atoms with Crippen molar-refractivity contribution >= 4 is 10.9 Å². The Bertz CT molecular complexity index is 660. The van der Waals surface area contributed by atoms with E-state index in [1.807, 2.05) is 50.2 Å². The summed E-state index contributed by atoms with van der Waals surface area (Å²) in [6.07, 6.45) is 1.79. The van der Waals surface area contributed by atoms with E-state index in [2.05, 4.69) is 29.0 Å². The summed E-state index contributed by atoms with van der Waals surface area (Å²) in [5.41, 5.74) is 4.10. The van der Waals surface area contributed by atoms with Crippen molar-refractivity contribution < 1.29 is 0 Å². The Morgan fingerprint density at radius 2 is 1.58 bits per heavy atom. The average Bonchev–Trinajstić information content (AvgIpc) is 2.50. The Balaban J connectivity index is 0.000000637. The van der Waals surface area contributed by atoms with Gasteiger partial charge in [-0.1, -0.05) is 38.1 Å². The molecule has 0 fully saturated rings. The van der Waals surface area contributed by atoms with Gasteiger partial charge in [0.2, 0.25) is 0 Å². The summed E-state index contributed by atoms with van der Waals surface area (Å²) in [5, 5.41) is 1.20. The van der Waals surface area contributed by atoms with Crippen LogP contribution in [-0.4, -0.2) is 9.97 Å². The van der Waals surface area contributed by atoms with E-state index in [0.29, 0.717) is 0 Å². The fraction of sp³-hybridized carbons (Fsp3) is 0.176. The quantitative estimate of drug-likeness (QED) is 0.629. The summed E-state index contributed by atoms with van der Waals surface area (Å²) < 4.78 is 0. The molecule has 19 heavy (non-hydrogen) atoms. The van der Waals surface area contributed by atoms with Gasteiger partial charge in [0.25, 0.3) is 0 Å². The molecule has 3 aromatic rings. The summed E-state index contributed by atoms with van der Waals surface area (Å²) in [7, 11) is 0. The number of hydrogen-bond acceptors (Lipinski definition) is 2. The van der Waals surface area contributed by atoms with Gasteiger partial charge in [-0.2, -0.15) is 0 Å². The standard InChI is InChI=1S/C15H12N2.C2H6/c1-11-10-15(14-8-4-5-9-16-14)17-13-7-3-2-6-12(11)13;1-2/h2-10H,1H3;1-2H3. The number of benzene rings is 1. The van der Waals surface area contributed by atoms with Crippen LogP contribution in [0.3, 0.4) is 0 Å². The first-order chi connectivity index (χ1) is 9.34. The summed E-state index contributed by atoms with van der Waals surface area (Å²) in [6, 6.07) is 16.1. The van der Waals surface area contributed by atoms with Gasteiger partial charge in [-0.3, -0.25) is 4.98 Å². The molecule has 3 rings (SSSR count). The molecule has 0 atom stereocenters. The molecular weight excluding hydrogens is 232 g/mol. The summed E-state index contributed by atoms with van der Waals surface area (Å²) >= 11 is 0.